The lowest BCUT2D eigenvalue weighted by Gasteiger charge is -2.23. The number of anilines is 1. The number of benzene rings is 2. The summed E-state index contributed by atoms with van der Waals surface area (Å²) in [5.74, 6) is -2.40. The number of aliphatic hydroxyl groups excluding tert-OH is 1. The van der Waals surface area contributed by atoms with Gasteiger partial charge in [-0.1, -0.05) is 59.4 Å². The van der Waals surface area contributed by atoms with E-state index in [1.54, 1.807) is 44.2 Å². The number of carbonyl (C=O) groups is 3. The molecule has 2 aromatic carbocycles. The van der Waals surface area contributed by atoms with Crippen LogP contribution in [0.25, 0.3) is 5.76 Å². The van der Waals surface area contributed by atoms with Crippen LogP contribution >= 0.6 is 11.3 Å². The van der Waals surface area contributed by atoms with Gasteiger partial charge in [0.05, 0.1) is 23.9 Å². The quantitative estimate of drug-likeness (QED) is 0.244. The molecule has 1 aliphatic heterocycles. The summed E-state index contributed by atoms with van der Waals surface area (Å²) in [5, 5.41) is 11.5. The molecule has 0 spiro atoms. The molecule has 1 atom stereocenters. The van der Waals surface area contributed by atoms with Gasteiger partial charge >= 0.3 is 11.9 Å². The highest BCUT2D eigenvalue weighted by Crippen LogP contribution is 2.44. The van der Waals surface area contributed by atoms with Gasteiger partial charge in [-0.2, -0.15) is 0 Å². The number of nitrogens with zero attached hydrogens (tertiary/aromatic N) is 2. The van der Waals surface area contributed by atoms with E-state index in [9.17, 15) is 19.5 Å². The Morgan fingerprint density at radius 1 is 1.12 bits per heavy atom. The molecule has 3 aromatic rings. The molecule has 0 aliphatic carbocycles. The molecule has 1 aliphatic rings. The highest BCUT2D eigenvalue weighted by molar-refractivity contribution is 7.17. The van der Waals surface area contributed by atoms with E-state index in [2.05, 4.69) is 4.98 Å². The zero-order chi connectivity index (χ0) is 24.6. The predicted molar refractivity (Wildman–Crippen MR) is 130 cm³/mol. The minimum Gasteiger partial charge on any atom is -0.507 e. The fraction of sp³-hybridized carbons (Fsp3) is 0.231. The second-order valence-electron chi connectivity index (χ2n) is 8.03. The minimum atomic E-state index is -0.901. The molecule has 34 heavy (non-hydrogen) atoms. The summed E-state index contributed by atoms with van der Waals surface area (Å²) in [6.45, 7) is 7.28. The number of ether oxygens (including phenoxy) is 1. The Morgan fingerprint density at radius 3 is 2.50 bits per heavy atom. The van der Waals surface area contributed by atoms with Crippen molar-refractivity contribution < 1.29 is 24.2 Å². The van der Waals surface area contributed by atoms with Crippen LogP contribution in [0, 0.1) is 20.8 Å². The molecule has 0 radical (unpaired) electrons. The second kappa shape index (κ2) is 9.23. The maximum Gasteiger partial charge on any atom is 0.350 e. The van der Waals surface area contributed by atoms with Gasteiger partial charge in [0.25, 0.3) is 5.78 Å². The van der Waals surface area contributed by atoms with Gasteiger partial charge in [-0.05, 0) is 44.9 Å². The van der Waals surface area contributed by atoms with Crippen LogP contribution in [0.5, 0.6) is 0 Å². The minimum absolute atomic E-state index is 0.0181. The van der Waals surface area contributed by atoms with Gasteiger partial charge < -0.3 is 9.84 Å². The Labute approximate surface area is 201 Å². The van der Waals surface area contributed by atoms with Crippen molar-refractivity contribution in [1.29, 1.82) is 0 Å². The molecule has 1 saturated heterocycles. The van der Waals surface area contributed by atoms with Crippen molar-refractivity contribution in [2.75, 3.05) is 11.5 Å². The number of Topliss-reactive ketones (excluding diaryl/α,β-unsaturated/α-hetero) is 1. The average molecular weight is 477 g/mol. The van der Waals surface area contributed by atoms with Crippen molar-refractivity contribution in [3.05, 3.63) is 86.9 Å². The molecule has 7 nitrogen and oxygen atoms in total. The van der Waals surface area contributed by atoms with E-state index in [4.69, 9.17) is 4.74 Å². The van der Waals surface area contributed by atoms with Crippen LogP contribution in [-0.2, 0) is 14.3 Å². The van der Waals surface area contributed by atoms with Crippen molar-refractivity contribution in [3.63, 3.8) is 0 Å². The second-order valence-corrected chi connectivity index (χ2v) is 9.01. The third-order valence-electron chi connectivity index (χ3n) is 5.66. The number of rotatable bonds is 5. The smallest absolute Gasteiger partial charge is 0.350 e. The van der Waals surface area contributed by atoms with E-state index in [0.29, 0.717) is 16.8 Å². The first kappa shape index (κ1) is 23.4. The van der Waals surface area contributed by atoms with Crippen LogP contribution in [0.3, 0.4) is 0 Å². The van der Waals surface area contributed by atoms with Gasteiger partial charge in [0.2, 0.25) is 0 Å². The number of hydrogen-bond acceptors (Lipinski definition) is 7. The van der Waals surface area contributed by atoms with Crippen LogP contribution in [0.4, 0.5) is 5.13 Å². The Balaban J connectivity index is 1.93. The number of esters is 1. The fourth-order valence-electron chi connectivity index (χ4n) is 3.99. The number of ketones is 1. The summed E-state index contributed by atoms with van der Waals surface area (Å²) >= 11 is 0.987. The van der Waals surface area contributed by atoms with Gasteiger partial charge in [0, 0.05) is 5.56 Å². The third-order valence-corrected chi connectivity index (χ3v) is 6.80. The fourth-order valence-corrected chi connectivity index (χ4v) is 4.98. The number of amides is 1. The van der Waals surface area contributed by atoms with Crippen LogP contribution < -0.4 is 4.90 Å². The number of carbonyl (C=O) groups excluding carboxylic acids is 3. The lowest BCUT2D eigenvalue weighted by Crippen LogP contribution is -2.29. The zero-order valence-corrected chi connectivity index (χ0v) is 20.1. The van der Waals surface area contributed by atoms with Crippen molar-refractivity contribution in [2.24, 2.45) is 0 Å². The normalized spacial score (nSPS) is 17.3. The third kappa shape index (κ3) is 4.01. The maximum atomic E-state index is 13.3. The van der Waals surface area contributed by atoms with E-state index in [1.165, 1.54) is 4.90 Å². The van der Waals surface area contributed by atoms with Crippen LogP contribution in [0.15, 0.2) is 54.1 Å². The number of aryl methyl sites for hydroxylation is 3. The van der Waals surface area contributed by atoms with Gasteiger partial charge in [-0.3, -0.25) is 14.5 Å². The highest BCUT2D eigenvalue weighted by Gasteiger charge is 2.48. The number of aromatic nitrogens is 1. The van der Waals surface area contributed by atoms with Crippen LogP contribution in [-0.4, -0.2) is 34.4 Å². The van der Waals surface area contributed by atoms with Crippen molar-refractivity contribution in [1.82, 2.24) is 4.98 Å². The monoisotopic (exact) mass is 476 g/mol. The molecule has 0 saturated carbocycles. The van der Waals surface area contributed by atoms with Crippen molar-refractivity contribution in [3.8, 4) is 0 Å². The molecule has 1 amide bonds. The predicted octanol–water partition coefficient (Wildman–Crippen LogP) is 4.87. The van der Waals surface area contributed by atoms with Crippen LogP contribution in [0.2, 0.25) is 0 Å². The summed E-state index contributed by atoms with van der Waals surface area (Å²) in [5.41, 5.74) is 3.20. The summed E-state index contributed by atoms with van der Waals surface area (Å²) in [6, 6.07) is 13.6. The SMILES string of the molecule is CCOC(=O)c1sc(N2C(=O)C(=O)C(=C(O)c3cc(C)ccc3C)C2c2ccccc2)nc1C. The van der Waals surface area contributed by atoms with E-state index < -0.39 is 23.7 Å². The average Bonchev–Trinajstić information content (AvgIpc) is 3.33. The molecular weight excluding hydrogens is 452 g/mol. The largest absolute Gasteiger partial charge is 0.507 e. The van der Waals surface area contributed by atoms with Gasteiger partial charge in [0.1, 0.15) is 10.6 Å². The maximum absolute atomic E-state index is 13.3. The summed E-state index contributed by atoms with van der Waals surface area (Å²) in [4.78, 5) is 44.9. The van der Waals surface area contributed by atoms with Crippen molar-refractivity contribution >= 4 is 39.9 Å². The van der Waals surface area contributed by atoms with E-state index in [-0.39, 0.29) is 27.9 Å². The first-order chi connectivity index (χ1) is 16.2. The van der Waals surface area contributed by atoms with Gasteiger partial charge in [-0.25, -0.2) is 9.78 Å². The first-order valence-electron chi connectivity index (χ1n) is 10.8. The molecule has 1 fully saturated rings. The molecule has 1 N–H and O–H groups in total. The number of hydrogen-bond donors (Lipinski definition) is 1. The van der Waals surface area contributed by atoms with E-state index in [0.717, 1.165) is 22.5 Å². The Morgan fingerprint density at radius 2 is 1.82 bits per heavy atom. The number of aliphatic hydroxyl groups is 1. The lowest BCUT2D eigenvalue weighted by molar-refractivity contribution is -0.132. The van der Waals surface area contributed by atoms with Gasteiger partial charge in [0.15, 0.2) is 5.13 Å². The molecule has 1 aromatic heterocycles. The van der Waals surface area contributed by atoms with E-state index in [1.807, 2.05) is 32.0 Å². The lowest BCUT2D eigenvalue weighted by atomic mass is 9.93. The molecule has 4 rings (SSSR count). The first-order valence-corrected chi connectivity index (χ1v) is 11.6. The number of thiazole rings is 1. The van der Waals surface area contributed by atoms with Gasteiger partial charge in [-0.15, -0.1) is 0 Å². The van der Waals surface area contributed by atoms with Crippen LogP contribution in [0.1, 0.15) is 50.6 Å². The standard InChI is InChI=1S/C26H24N2O5S/c1-5-33-25(32)23-16(4)27-26(34-23)28-20(17-9-7-6-8-10-17)19(22(30)24(28)31)21(29)18-13-14(2)11-12-15(18)3/h6-13,20,29H,5H2,1-4H3. The molecule has 8 heteroatoms. The molecule has 1 unspecified atom stereocenters. The summed E-state index contributed by atoms with van der Waals surface area (Å²) < 4.78 is 5.10. The highest BCUT2D eigenvalue weighted by atomic mass is 32.1. The Bertz CT molecular complexity index is 1330. The Hall–Kier alpha value is -3.78. The molecule has 174 valence electrons. The molecule has 2 heterocycles. The summed E-state index contributed by atoms with van der Waals surface area (Å²) in [6.07, 6.45) is 0. The molecule has 0 bridgehead atoms. The van der Waals surface area contributed by atoms with Crippen molar-refractivity contribution in [2.45, 2.75) is 33.7 Å². The molecular formula is C26H24N2O5S. The Kier molecular flexibility index (Phi) is 6.34. The summed E-state index contributed by atoms with van der Waals surface area (Å²) in [7, 11) is 0. The van der Waals surface area contributed by atoms with E-state index >= 15 is 0 Å². The zero-order valence-electron chi connectivity index (χ0n) is 19.3. The topological polar surface area (TPSA) is 96.8 Å².